The highest BCUT2D eigenvalue weighted by molar-refractivity contribution is 7.09. The number of hydrogen-bond donors (Lipinski definition) is 3. The van der Waals surface area contributed by atoms with Crippen molar-refractivity contribution in [1.82, 2.24) is 4.98 Å². The molecule has 5 nitrogen and oxygen atoms in total. The van der Waals surface area contributed by atoms with Crippen molar-refractivity contribution in [1.29, 1.82) is 0 Å². The first-order valence-electron chi connectivity index (χ1n) is 3.20. The van der Waals surface area contributed by atoms with Crippen molar-refractivity contribution in [3.05, 3.63) is 16.1 Å². The summed E-state index contributed by atoms with van der Waals surface area (Å²) in [6.45, 7) is -0.230. The summed E-state index contributed by atoms with van der Waals surface area (Å²) in [6.07, 6.45) is 0. The zero-order valence-corrected chi connectivity index (χ0v) is 6.91. The van der Waals surface area contributed by atoms with E-state index < -0.39 is 12.0 Å². The van der Waals surface area contributed by atoms with Crippen LogP contribution >= 0.6 is 11.3 Å². The van der Waals surface area contributed by atoms with E-state index in [1.807, 2.05) is 0 Å². The Bertz CT molecular complexity index is 286. The van der Waals surface area contributed by atoms with Crippen molar-refractivity contribution < 1.29 is 15.0 Å². The molecule has 0 saturated carbocycles. The Kier molecular flexibility index (Phi) is 2.74. The zero-order chi connectivity index (χ0) is 9.14. The molecule has 1 atom stereocenters. The second-order valence-corrected chi connectivity index (χ2v) is 3.05. The van der Waals surface area contributed by atoms with E-state index in [2.05, 4.69) is 4.98 Å². The number of hydrogen-bond acceptors (Lipinski definition) is 5. The summed E-state index contributed by atoms with van der Waals surface area (Å²) >= 11 is 1.13. The molecule has 0 amide bonds. The first-order chi connectivity index (χ1) is 5.65. The normalized spacial score (nSPS) is 12.8. The van der Waals surface area contributed by atoms with E-state index in [-0.39, 0.29) is 12.3 Å². The van der Waals surface area contributed by atoms with Crippen LogP contribution in [0.15, 0.2) is 5.38 Å². The standard InChI is InChI=1S/C6H8N2O3S/c7-3(1-9)5-8-4(2-12-5)6(10)11/h2-3,9H,1,7H2,(H,10,11). The number of aromatic nitrogens is 1. The summed E-state index contributed by atoms with van der Waals surface area (Å²) in [5.41, 5.74) is 5.38. The fourth-order valence-electron chi connectivity index (χ4n) is 0.634. The zero-order valence-electron chi connectivity index (χ0n) is 6.10. The van der Waals surface area contributed by atoms with Crippen LogP contribution in [-0.2, 0) is 0 Å². The maximum Gasteiger partial charge on any atom is 0.355 e. The molecule has 12 heavy (non-hydrogen) atoms. The van der Waals surface area contributed by atoms with Crippen molar-refractivity contribution in [2.45, 2.75) is 6.04 Å². The minimum Gasteiger partial charge on any atom is -0.476 e. The van der Waals surface area contributed by atoms with Gasteiger partial charge in [-0.1, -0.05) is 0 Å². The molecule has 6 heteroatoms. The summed E-state index contributed by atoms with van der Waals surface area (Å²) in [4.78, 5) is 14.1. The summed E-state index contributed by atoms with van der Waals surface area (Å²) in [7, 11) is 0. The molecule has 0 radical (unpaired) electrons. The second-order valence-electron chi connectivity index (χ2n) is 2.17. The summed E-state index contributed by atoms with van der Waals surface area (Å²) in [5.74, 6) is -1.08. The van der Waals surface area contributed by atoms with Crippen molar-refractivity contribution in [2.75, 3.05) is 6.61 Å². The molecule has 0 aliphatic rings. The number of nitrogens with two attached hydrogens (primary N) is 1. The van der Waals surface area contributed by atoms with Crippen molar-refractivity contribution in [3.8, 4) is 0 Å². The highest BCUT2D eigenvalue weighted by atomic mass is 32.1. The fourth-order valence-corrected chi connectivity index (χ4v) is 1.42. The molecule has 0 aliphatic carbocycles. The van der Waals surface area contributed by atoms with Crippen LogP contribution < -0.4 is 5.73 Å². The van der Waals surface area contributed by atoms with Gasteiger partial charge in [-0.15, -0.1) is 11.3 Å². The highest BCUT2D eigenvalue weighted by Gasteiger charge is 2.12. The molecule has 1 rings (SSSR count). The molecule has 4 N–H and O–H groups in total. The van der Waals surface area contributed by atoms with E-state index in [1.165, 1.54) is 5.38 Å². The Balaban J connectivity index is 2.84. The van der Waals surface area contributed by atoms with E-state index in [0.29, 0.717) is 5.01 Å². The van der Waals surface area contributed by atoms with Crippen molar-refractivity contribution in [3.63, 3.8) is 0 Å². The number of aliphatic hydroxyl groups is 1. The average molecular weight is 188 g/mol. The maximum absolute atomic E-state index is 10.4. The van der Waals surface area contributed by atoms with E-state index >= 15 is 0 Å². The fraction of sp³-hybridized carbons (Fsp3) is 0.333. The topological polar surface area (TPSA) is 96.4 Å². The number of rotatable bonds is 3. The van der Waals surface area contributed by atoms with Crippen LogP contribution in [0.1, 0.15) is 21.5 Å². The number of aliphatic hydroxyl groups excluding tert-OH is 1. The van der Waals surface area contributed by atoms with Crippen LogP contribution in [0.5, 0.6) is 0 Å². The van der Waals surface area contributed by atoms with E-state index in [0.717, 1.165) is 11.3 Å². The third-order valence-electron chi connectivity index (χ3n) is 1.25. The van der Waals surface area contributed by atoms with Gasteiger partial charge in [-0.05, 0) is 0 Å². The number of aromatic carboxylic acids is 1. The number of thiazole rings is 1. The third-order valence-corrected chi connectivity index (χ3v) is 2.23. The van der Waals surface area contributed by atoms with Gasteiger partial charge in [0.25, 0.3) is 0 Å². The Morgan fingerprint density at radius 1 is 1.83 bits per heavy atom. The second kappa shape index (κ2) is 3.61. The quantitative estimate of drug-likeness (QED) is 0.612. The predicted octanol–water partition coefficient (Wildman–Crippen LogP) is -0.167. The van der Waals surface area contributed by atoms with Gasteiger partial charge < -0.3 is 15.9 Å². The minimum atomic E-state index is -1.08. The lowest BCUT2D eigenvalue weighted by molar-refractivity contribution is 0.0691. The van der Waals surface area contributed by atoms with Crippen LogP contribution in [0.3, 0.4) is 0 Å². The molecule has 1 aromatic heterocycles. The molecule has 0 fully saturated rings. The number of carboxylic acid groups (broad SMARTS) is 1. The largest absolute Gasteiger partial charge is 0.476 e. The number of carbonyl (C=O) groups is 1. The van der Waals surface area contributed by atoms with Crippen molar-refractivity contribution >= 4 is 17.3 Å². The smallest absolute Gasteiger partial charge is 0.355 e. The van der Waals surface area contributed by atoms with Crippen LogP contribution in [0.2, 0.25) is 0 Å². The minimum absolute atomic E-state index is 0.0288. The van der Waals surface area contributed by atoms with Gasteiger partial charge in [0.05, 0.1) is 12.6 Å². The Hall–Kier alpha value is -0.980. The predicted molar refractivity (Wildman–Crippen MR) is 43.1 cm³/mol. The van der Waals surface area contributed by atoms with E-state index in [4.69, 9.17) is 15.9 Å². The van der Waals surface area contributed by atoms with Gasteiger partial charge in [0.1, 0.15) is 5.01 Å². The summed E-state index contributed by atoms with van der Waals surface area (Å²) in [6, 6.07) is -0.580. The molecule has 66 valence electrons. The van der Waals surface area contributed by atoms with Crippen LogP contribution in [-0.4, -0.2) is 27.8 Å². The number of nitrogens with zero attached hydrogens (tertiary/aromatic N) is 1. The van der Waals surface area contributed by atoms with Crippen LogP contribution in [0.4, 0.5) is 0 Å². The van der Waals surface area contributed by atoms with Gasteiger partial charge in [0.2, 0.25) is 0 Å². The van der Waals surface area contributed by atoms with Crippen LogP contribution in [0, 0.1) is 0 Å². The maximum atomic E-state index is 10.4. The van der Waals surface area contributed by atoms with Crippen LogP contribution in [0.25, 0.3) is 0 Å². The third kappa shape index (κ3) is 1.79. The Morgan fingerprint density at radius 2 is 2.50 bits per heavy atom. The number of carboxylic acids is 1. The van der Waals surface area contributed by atoms with Gasteiger partial charge in [0, 0.05) is 5.38 Å². The average Bonchev–Trinajstić information content (AvgIpc) is 2.51. The molecule has 0 spiro atoms. The molecule has 0 bridgehead atoms. The van der Waals surface area contributed by atoms with Crippen molar-refractivity contribution in [2.24, 2.45) is 5.73 Å². The lowest BCUT2D eigenvalue weighted by Crippen LogP contribution is -2.14. The van der Waals surface area contributed by atoms with Gasteiger partial charge >= 0.3 is 5.97 Å². The molecular formula is C6H8N2O3S. The highest BCUT2D eigenvalue weighted by Crippen LogP contribution is 2.15. The molecule has 0 aromatic carbocycles. The van der Waals surface area contributed by atoms with Gasteiger partial charge in [-0.25, -0.2) is 9.78 Å². The summed E-state index contributed by atoms with van der Waals surface area (Å²) in [5, 5.41) is 19.0. The summed E-state index contributed by atoms with van der Waals surface area (Å²) < 4.78 is 0. The van der Waals surface area contributed by atoms with Gasteiger partial charge in [0.15, 0.2) is 5.69 Å². The first-order valence-corrected chi connectivity index (χ1v) is 4.08. The van der Waals surface area contributed by atoms with E-state index in [9.17, 15) is 4.79 Å². The van der Waals surface area contributed by atoms with Gasteiger partial charge in [-0.2, -0.15) is 0 Å². The lowest BCUT2D eigenvalue weighted by atomic mass is 10.3. The first kappa shape index (κ1) is 9.11. The molecule has 0 aliphatic heterocycles. The Morgan fingerprint density at radius 3 is 2.92 bits per heavy atom. The van der Waals surface area contributed by atoms with E-state index in [1.54, 1.807) is 0 Å². The molecular weight excluding hydrogens is 180 g/mol. The SMILES string of the molecule is NC(CO)c1nc(C(=O)O)cs1. The Labute approximate surface area is 72.5 Å². The monoisotopic (exact) mass is 188 g/mol. The lowest BCUT2D eigenvalue weighted by Gasteiger charge is -2.00. The molecule has 1 aromatic rings. The molecule has 1 unspecified atom stereocenters. The van der Waals surface area contributed by atoms with Gasteiger partial charge in [-0.3, -0.25) is 0 Å². The molecule has 0 saturated heterocycles. The molecule has 1 heterocycles.